The molecule has 34 heavy (non-hydrogen) atoms. The van der Waals surface area contributed by atoms with Crippen LogP contribution in [0.1, 0.15) is 37.7 Å². The van der Waals surface area contributed by atoms with E-state index in [-0.39, 0.29) is 5.91 Å². The number of methoxy groups -OCH3 is 3. The van der Waals surface area contributed by atoms with Crippen molar-refractivity contribution in [2.45, 2.75) is 50.7 Å². The maximum atomic E-state index is 12.8. The summed E-state index contributed by atoms with van der Waals surface area (Å²) in [6, 6.07) is 15.4. The summed E-state index contributed by atoms with van der Waals surface area (Å²) in [4.78, 5) is 18.0. The SMILES string of the molecule is COc1cc(NC(=O)CCN2CCCC2C2CCCN2Cc2ccccc2)cc(OC)c1OC. The minimum absolute atomic E-state index is 0.00696. The molecule has 1 N–H and O–H groups in total. The number of amides is 1. The molecule has 2 aromatic rings. The third-order valence-corrected chi connectivity index (χ3v) is 7.08. The molecule has 0 bridgehead atoms. The lowest BCUT2D eigenvalue weighted by atomic mass is 10.0. The smallest absolute Gasteiger partial charge is 0.225 e. The van der Waals surface area contributed by atoms with E-state index in [1.807, 2.05) is 0 Å². The van der Waals surface area contributed by atoms with E-state index < -0.39 is 0 Å². The molecule has 2 saturated heterocycles. The number of nitrogens with one attached hydrogen (secondary N) is 1. The van der Waals surface area contributed by atoms with Crippen molar-refractivity contribution in [2.75, 3.05) is 46.3 Å². The first-order valence-corrected chi connectivity index (χ1v) is 12.2. The van der Waals surface area contributed by atoms with E-state index in [0.717, 1.165) is 26.2 Å². The molecule has 184 valence electrons. The highest BCUT2D eigenvalue weighted by Gasteiger charge is 2.37. The van der Waals surface area contributed by atoms with Crippen LogP contribution in [0.5, 0.6) is 17.2 Å². The molecule has 2 aliphatic heterocycles. The van der Waals surface area contributed by atoms with Gasteiger partial charge in [0.05, 0.1) is 21.3 Å². The van der Waals surface area contributed by atoms with Gasteiger partial charge in [-0.2, -0.15) is 0 Å². The van der Waals surface area contributed by atoms with Crippen molar-refractivity contribution in [1.29, 1.82) is 0 Å². The number of hydrogen-bond acceptors (Lipinski definition) is 6. The van der Waals surface area contributed by atoms with Crippen molar-refractivity contribution in [3.8, 4) is 17.2 Å². The Morgan fingerprint density at radius 2 is 1.53 bits per heavy atom. The fourth-order valence-electron chi connectivity index (χ4n) is 5.49. The normalized spacial score (nSPS) is 20.9. The molecule has 7 heteroatoms. The number of hydrogen-bond donors (Lipinski definition) is 1. The number of anilines is 1. The first-order chi connectivity index (χ1) is 16.6. The summed E-state index contributed by atoms with van der Waals surface area (Å²) in [7, 11) is 4.71. The Labute approximate surface area is 203 Å². The summed E-state index contributed by atoms with van der Waals surface area (Å²) in [6.45, 7) is 4.01. The minimum atomic E-state index is -0.00696. The number of carbonyl (C=O) groups excluding carboxylic acids is 1. The molecule has 4 rings (SSSR count). The molecule has 1 amide bonds. The third-order valence-electron chi connectivity index (χ3n) is 7.08. The Kier molecular flexibility index (Phi) is 8.29. The van der Waals surface area contributed by atoms with Gasteiger partial charge in [0.15, 0.2) is 11.5 Å². The summed E-state index contributed by atoms with van der Waals surface area (Å²) in [5.41, 5.74) is 2.02. The largest absolute Gasteiger partial charge is 0.493 e. The zero-order valence-electron chi connectivity index (χ0n) is 20.6. The lowest BCUT2D eigenvalue weighted by Crippen LogP contribution is -2.46. The van der Waals surface area contributed by atoms with Crippen molar-refractivity contribution in [1.82, 2.24) is 9.80 Å². The number of nitrogens with zero attached hydrogens (tertiary/aromatic N) is 2. The van der Waals surface area contributed by atoms with Crippen LogP contribution in [-0.2, 0) is 11.3 Å². The van der Waals surface area contributed by atoms with E-state index in [4.69, 9.17) is 14.2 Å². The van der Waals surface area contributed by atoms with Gasteiger partial charge in [-0.25, -0.2) is 0 Å². The van der Waals surface area contributed by atoms with Gasteiger partial charge in [-0.05, 0) is 44.3 Å². The maximum absolute atomic E-state index is 12.8. The van der Waals surface area contributed by atoms with Crippen molar-refractivity contribution in [3.63, 3.8) is 0 Å². The highest BCUT2D eigenvalue weighted by Crippen LogP contribution is 2.40. The average molecular weight is 468 g/mol. The fraction of sp³-hybridized carbons (Fsp3) is 0.519. The summed E-state index contributed by atoms with van der Waals surface area (Å²) in [5.74, 6) is 1.56. The molecule has 0 radical (unpaired) electrons. The minimum Gasteiger partial charge on any atom is -0.493 e. The molecule has 0 saturated carbocycles. The van der Waals surface area contributed by atoms with Gasteiger partial charge in [0.2, 0.25) is 11.7 Å². The van der Waals surface area contributed by atoms with E-state index in [0.29, 0.717) is 41.4 Å². The van der Waals surface area contributed by atoms with Crippen LogP contribution >= 0.6 is 0 Å². The van der Waals surface area contributed by atoms with Crippen LogP contribution in [0.4, 0.5) is 5.69 Å². The van der Waals surface area contributed by atoms with Crippen LogP contribution in [0.3, 0.4) is 0 Å². The summed E-state index contributed by atoms with van der Waals surface area (Å²) < 4.78 is 16.2. The van der Waals surface area contributed by atoms with Gasteiger partial charge < -0.3 is 19.5 Å². The summed E-state index contributed by atoms with van der Waals surface area (Å²) >= 11 is 0. The van der Waals surface area contributed by atoms with Crippen LogP contribution in [-0.4, -0.2) is 68.8 Å². The Morgan fingerprint density at radius 1 is 0.912 bits per heavy atom. The topological polar surface area (TPSA) is 63.3 Å². The van der Waals surface area contributed by atoms with Crippen LogP contribution in [0.25, 0.3) is 0 Å². The maximum Gasteiger partial charge on any atom is 0.225 e. The van der Waals surface area contributed by atoms with Gasteiger partial charge >= 0.3 is 0 Å². The molecule has 0 aliphatic carbocycles. The molecule has 2 fully saturated rings. The number of carbonyl (C=O) groups is 1. The summed E-state index contributed by atoms with van der Waals surface area (Å²) in [5, 5.41) is 3.00. The Bertz CT molecular complexity index is 927. The van der Waals surface area contributed by atoms with Crippen molar-refractivity contribution in [3.05, 3.63) is 48.0 Å². The molecular weight excluding hydrogens is 430 g/mol. The quantitative estimate of drug-likeness (QED) is 0.566. The highest BCUT2D eigenvalue weighted by molar-refractivity contribution is 5.91. The highest BCUT2D eigenvalue weighted by atomic mass is 16.5. The lowest BCUT2D eigenvalue weighted by molar-refractivity contribution is -0.116. The fourth-order valence-corrected chi connectivity index (χ4v) is 5.49. The van der Waals surface area contributed by atoms with Crippen molar-refractivity contribution in [2.24, 2.45) is 0 Å². The van der Waals surface area contributed by atoms with Crippen LogP contribution in [0, 0.1) is 0 Å². The second-order valence-electron chi connectivity index (χ2n) is 9.12. The zero-order chi connectivity index (χ0) is 23.9. The van der Waals surface area contributed by atoms with Crippen LogP contribution < -0.4 is 19.5 Å². The molecular formula is C27H37N3O4. The number of likely N-dealkylation sites (tertiary alicyclic amines) is 2. The zero-order valence-corrected chi connectivity index (χ0v) is 20.6. The lowest BCUT2D eigenvalue weighted by Gasteiger charge is -2.35. The predicted octanol–water partition coefficient (Wildman–Crippen LogP) is 4.17. The molecule has 2 unspecified atom stereocenters. The summed E-state index contributed by atoms with van der Waals surface area (Å²) in [6.07, 6.45) is 5.37. The standard InChI is InChI=1S/C27H37N3O4/c1-32-24-17-21(18-25(33-2)27(24)34-3)28-26(31)13-16-29-14-7-11-22(29)23-12-8-15-30(23)19-20-9-5-4-6-10-20/h4-6,9-10,17-18,22-23H,7-8,11-16,19H2,1-3H3,(H,28,31). The Morgan fingerprint density at radius 3 is 2.15 bits per heavy atom. The Balaban J connectivity index is 1.34. The first kappa shape index (κ1) is 24.4. The van der Waals surface area contributed by atoms with E-state index in [1.165, 1.54) is 31.2 Å². The van der Waals surface area contributed by atoms with Gasteiger partial charge in [-0.1, -0.05) is 30.3 Å². The van der Waals surface area contributed by atoms with Gasteiger partial charge in [0.1, 0.15) is 0 Å². The third kappa shape index (κ3) is 5.65. The Hall–Kier alpha value is -2.77. The molecule has 2 aromatic carbocycles. The van der Waals surface area contributed by atoms with Gasteiger partial charge in [0.25, 0.3) is 0 Å². The second kappa shape index (κ2) is 11.6. The number of benzene rings is 2. The molecule has 0 spiro atoms. The first-order valence-electron chi connectivity index (χ1n) is 12.2. The monoisotopic (exact) mass is 467 g/mol. The predicted molar refractivity (Wildman–Crippen MR) is 134 cm³/mol. The van der Waals surface area contributed by atoms with Crippen LogP contribution in [0.15, 0.2) is 42.5 Å². The molecule has 2 heterocycles. The van der Waals surface area contributed by atoms with Crippen LogP contribution in [0.2, 0.25) is 0 Å². The molecule has 0 aromatic heterocycles. The molecule has 2 aliphatic rings. The van der Waals surface area contributed by atoms with E-state index in [1.54, 1.807) is 33.5 Å². The molecule has 2 atom stereocenters. The van der Waals surface area contributed by atoms with E-state index in [2.05, 4.69) is 45.4 Å². The van der Waals surface area contributed by atoms with Gasteiger partial charge in [-0.15, -0.1) is 0 Å². The van der Waals surface area contributed by atoms with Gasteiger partial charge in [0, 0.05) is 49.4 Å². The average Bonchev–Trinajstić information content (AvgIpc) is 3.51. The van der Waals surface area contributed by atoms with Crippen molar-refractivity contribution >= 4 is 11.6 Å². The van der Waals surface area contributed by atoms with E-state index in [9.17, 15) is 4.79 Å². The van der Waals surface area contributed by atoms with Gasteiger partial charge in [-0.3, -0.25) is 14.6 Å². The van der Waals surface area contributed by atoms with Crippen molar-refractivity contribution < 1.29 is 19.0 Å². The number of rotatable bonds is 10. The van der Waals surface area contributed by atoms with E-state index >= 15 is 0 Å². The second-order valence-corrected chi connectivity index (χ2v) is 9.12. The molecule has 7 nitrogen and oxygen atoms in total. The number of ether oxygens (including phenoxy) is 3.